The highest BCUT2D eigenvalue weighted by Gasteiger charge is 2.45. The minimum atomic E-state index is -1.90. The lowest BCUT2D eigenvalue weighted by Gasteiger charge is -2.36. The predicted molar refractivity (Wildman–Crippen MR) is 133 cm³/mol. The second-order valence-corrected chi connectivity index (χ2v) is 10.5. The molecule has 196 valence electrons. The summed E-state index contributed by atoms with van der Waals surface area (Å²) in [7, 11) is 0. The molecule has 38 heavy (non-hydrogen) atoms. The number of aliphatic hydroxyl groups is 2. The normalized spacial score (nSPS) is 23.1. The van der Waals surface area contributed by atoms with Gasteiger partial charge in [-0.2, -0.15) is 0 Å². The monoisotopic (exact) mass is 518 g/mol. The van der Waals surface area contributed by atoms with Gasteiger partial charge in [0.25, 0.3) is 0 Å². The Bertz CT molecular complexity index is 1600. The zero-order valence-corrected chi connectivity index (χ0v) is 20.8. The zero-order valence-electron chi connectivity index (χ0n) is 20.8. The summed E-state index contributed by atoms with van der Waals surface area (Å²) in [6, 6.07) is 5.42. The summed E-state index contributed by atoms with van der Waals surface area (Å²) in [4.78, 5) is 26.4. The quantitative estimate of drug-likeness (QED) is 0.279. The van der Waals surface area contributed by atoms with Crippen LogP contribution in [0.5, 0.6) is 23.0 Å². The molecule has 6 rings (SSSR count). The predicted octanol–water partition coefficient (Wildman–Crippen LogP) is 3.28. The SMILES string of the molecule is CCC[C@]1(O)Cc2cc3c(c(O)c2C(=O)O1)-c1cc2c(c(O)c1CC3)C(=O)c1c(O)cc(O)cc1[C@]2(C)O. The highest BCUT2D eigenvalue weighted by molar-refractivity contribution is 6.17. The number of carbonyl (C=O) groups is 2. The smallest absolute Gasteiger partial charge is 0.344 e. The van der Waals surface area contributed by atoms with E-state index in [9.17, 15) is 40.2 Å². The van der Waals surface area contributed by atoms with Crippen LogP contribution in [-0.2, 0) is 29.6 Å². The lowest BCUT2D eigenvalue weighted by Crippen LogP contribution is -2.41. The van der Waals surface area contributed by atoms with Crippen molar-refractivity contribution in [2.75, 3.05) is 0 Å². The van der Waals surface area contributed by atoms with E-state index < -0.39 is 28.9 Å². The first-order valence-electron chi connectivity index (χ1n) is 12.4. The van der Waals surface area contributed by atoms with Gasteiger partial charge in [-0.05, 0) is 55.0 Å². The Balaban J connectivity index is 1.59. The summed E-state index contributed by atoms with van der Waals surface area (Å²) >= 11 is 0. The number of rotatable bonds is 2. The fourth-order valence-corrected chi connectivity index (χ4v) is 6.30. The molecule has 6 N–H and O–H groups in total. The summed E-state index contributed by atoms with van der Waals surface area (Å²) in [5.41, 5.74) is -0.268. The molecule has 9 nitrogen and oxygen atoms in total. The molecule has 9 heteroatoms. The van der Waals surface area contributed by atoms with E-state index in [1.807, 2.05) is 6.92 Å². The molecule has 0 amide bonds. The maximum Gasteiger partial charge on any atom is 0.344 e. The number of cyclic esters (lactones) is 1. The Labute approximate surface area is 217 Å². The number of benzene rings is 3. The summed E-state index contributed by atoms with van der Waals surface area (Å²) in [5, 5.41) is 65.4. The number of hydrogen-bond donors (Lipinski definition) is 6. The molecule has 0 unspecified atom stereocenters. The van der Waals surface area contributed by atoms with Crippen LogP contribution in [-0.4, -0.2) is 48.2 Å². The number of fused-ring (bicyclic) bond motifs is 6. The maximum atomic E-state index is 13.4. The Morgan fingerprint density at radius 1 is 0.842 bits per heavy atom. The van der Waals surface area contributed by atoms with Crippen LogP contribution in [0.1, 0.15) is 80.8 Å². The van der Waals surface area contributed by atoms with E-state index in [0.29, 0.717) is 41.5 Å². The number of phenols is 4. The molecule has 3 aliphatic rings. The Kier molecular flexibility index (Phi) is 4.93. The third-order valence-corrected chi connectivity index (χ3v) is 7.98. The topological polar surface area (TPSA) is 165 Å². The second kappa shape index (κ2) is 7.72. The fourth-order valence-electron chi connectivity index (χ4n) is 6.30. The van der Waals surface area contributed by atoms with E-state index in [0.717, 1.165) is 6.07 Å². The standard InChI is InChI=1S/C29H26O9/c1-3-6-29(37)11-13-7-12-4-5-15-16(20(12)25(33)21(13)27(35)38-29)10-18-23(24(15)32)26(34)22-17(28(18,2)36)8-14(30)9-19(22)31/h7-10,30-33,36-37H,3-6,11H2,1-2H3/t28-,29+/m0/s1. The van der Waals surface area contributed by atoms with Crippen LogP contribution in [0.25, 0.3) is 11.1 Å². The Morgan fingerprint density at radius 2 is 1.55 bits per heavy atom. The number of phenolic OH excluding ortho intramolecular Hbond substituents is 4. The molecule has 2 atom stereocenters. The summed E-state index contributed by atoms with van der Waals surface area (Å²) in [6.07, 6.45) is 1.53. The van der Waals surface area contributed by atoms with Crippen LogP contribution in [0.2, 0.25) is 0 Å². The van der Waals surface area contributed by atoms with E-state index in [4.69, 9.17) is 4.74 Å². The van der Waals surface area contributed by atoms with Crippen molar-refractivity contribution in [2.24, 2.45) is 0 Å². The van der Waals surface area contributed by atoms with Crippen molar-refractivity contribution in [3.63, 3.8) is 0 Å². The van der Waals surface area contributed by atoms with E-state index in [1.54, 1.807) is 6.07 Å². The van der Waals surface area contributed by atoms with Crippen molar-refractivity contribution in [3.05, 3.63) is 68.8 Å². The molecule has 0 spiro atoms. The number of ketones is 1. The highest BCUT2D eigenvalue weighted by atomic mass is 16.7. The maximum absolute atomic E-state index is 13.4. The number of aryl methyl sites for hydroxylation is 1. The van der Waals surface area contributed by atoms with Crippen LogP contribution in [0.3, 0.4) is 0 Å². The van der Waals surface area contributed by atoms with Gasteiger partial charge in [0.15, 0.2) is 0 Å². The lowest BCUT2D eigenvalue weighted by molar-refractivity contribution is -0.173. The first kappa shape index (κ1) is 24.3. The zero-order chi connectivity index (χ0) is 27.3. The van der Waals surface area contributed by atoms with Crippen LogP contribution in [0, 0.1) is 0 Å². The lowest BCUT2D eigenvalue weighted by atomic mass is 9.71. The molecular formula is C29H26O9. The molecule has 1 aliphatic heterocycles. The molecule has 0 saturated heterocycles. The van der Waals surface area contributed by atoms with Crippen LogP contribution < -0.4 is 0 Å². The summed E-state index contributed by atoms with van der Waals surface area (Å²) < 4.78 is 5.30. The third-order valence-electron chi connectivity index (χ3n) is 7.98. The van der Waals surface area contributed by atoms with E-state index >= 15 is 0 Å². The number of ether oxygens (including phenoxy) is 1. The van der Waals surface area contributed by atoms with Crippen molar-refractivity contribution in [2.45, 2.75) is 57.3 Å². The van der Waals surface area contributed by atoms with E-state index in [1.165, 1.54) is 19.1 Å². The summed E-state index contributed by atoms with van der Waals surface area (Å²) in [6.45, 7) is 3.24. The number of aromatic hydroxyl groups is 4. The van der Waals surface area contributed by atoms with Gasteiger partial charge >= 0.3 is 5.97 Å². The highest BCUT2D eigenvalue weighted by Crippen LogP contribution is 2.53. The molecule has 3 aromatic carbocycles. The molecular weight excluding hydrogens is 492 g/mol. The van der Waals surface area contributed by atoms with Crippen molar-refractivity contribution in [1.82, 2.24) is 0 Å². The minimum Gasteiger partial charge on any atom is -0.508 e. The summed E-state index contributed by atoms with van der Waals surface area (Å²) in [5.74, 6) is -4.85. The molecule has 2 aliphatic carbocycles. The van der Waals surface area contributed by atoms with Crippen molar-refractivity contribution < 1.29 is 45.0 Å². The van der Waals surface area contributed by atoms with Crippen LogP contribution >= 0.6 is 0 Å². The van der Waals surface area contributed by atoms with Crippen molar-refractivity contribution in [1.29, 1.82) is 0 Å². The van der Waals surface area contributed by atoms with Gasteiger partial charge in [-0.1, -0.05) is 13.0 Å². The Morgan fingerprint density at radius 3 is 2.26 bits per heavy atom. The fraction of sp³-hybridized carbons (Fsp3) is 0.310. The van der Waals surface area contributed by atoms with Gasteiger partial charge in [0.2, 0.25) is 11.6 Å². The van der Waals surface area contributed by atoms with Gasteiger partial charge < -0.3 is 35.4 Å². The van der Waals surface area contributed by atoms with Gasteiger partial charge in [0.1, 0.15) is 34.2 Å². The molecule has 0 aromatic heterocycles. The molecule has 0 bridgehead atoms. The largest absolute Gasteiger partial charge is 0.508 e. The van der Waals surface area contributed by atoms with Crippen LogP contribution in [0.4, 0.5) is 0 Å². The number of hydrogen-bond acceptors (Lipinski definition) is 9. The van der Waals surface area contributed by atoms with Crippen LogP contribution in [0.15, 0.2) is 24.3 Å². The van der Waals surface area contributed by atoms with Gasteiger partial charge in [-0.25, -0.2) is 4.79 Å². The van der Waals surface area contributed by atoms with Gasteiger partial charge in [0.05, 0.1) is 11.1 Å². The van der Waals surface area contributed by atoms with Crippen molar-refractivity contribution >= 4 is 11.8 Å². The number of carbonyl (C=O) groups excluding carboxylic acids is 2. The Hall–Kier alpha value is -4.08. The minimum absolute atomic E-state index is 0.0258. The average molecular weight is 519 g/mol. The van der Waals surface area contributed by atoms with E-state index in [-0.39, 0.29) is 63.5 Å². The molecule has 1 heterocycles. The molecule has 3 aromatic rings. The van der Waals surface area contributed by atoms with Crippen molar-refractivity contribution in [3.8, 4) is 34.1 Å². The average Bonchev–Trinajstić information content (AvgIpc) is 2.81. The number of esters is 1. The third kappa shape index (κ3) is 3.12. The molecule has 0 fully saturated rings. The molecule has 0 saturated carbocycles. The van der Waals surface area contributed by atoms with Gasteiger partial charge in [-0.15, -0.1) is 0 Å². The first-order chi connectivity index (χ1) is 17.9. The second-order valence-electron chi connectivity index (χ2n) is 10.5. The van der Waals surface area contributed by atoms with Gasteiger partial charge in [-0.3, -0.25) is 4.79 Å². The van der Waals surface area contributed by atoms with Gasteiger partial charge in [0, 0.05) is 41.2 Å². The molecule has 0 radical (unpaired) electrons. The van der Waals surface area contributed by atoms with E-state index in [2.05, 4.69) is 0 Å². The first-order valence-corrected chi connectivity index (χ1v) is 12.4.